The Kier molecular flexibility index (Phi) is 4.14. The molecule has 1 saturated heterocycles. The highest BCUT2D eigenvalue weighted by Gasteiger charge is 2.36. The van der Waals surface area contributed by atoms with Gasteiger partial charge in [-0.1, -0.05) is 6.07 Å². The van der Waals surface area contributed by atoms with Gasteiger partial charge in [0.1, 0.15) is 5.82 Å². The number of hydrogen-bond donors (Lipinski definition) is 1. The molecule has 1 N–H and O–H groups in total. The van der Waals surface area contributed by atoms with Crippen molar-refractivity contribution in [3.63, 3.8) is 0 Å². The van der Waals surface area contributed by atoms with Crippen LogP contribution in [0.5, 0.6) is 0 Å². The van der Waals surface area contributed by atoms with E-state index >= 15 is 0 Å². The summed E-state index contributed by atoms with van der Waals surface area (Å²) in [6, 6.07) is 4.80. The molecule has 0 spiro atoms. The van der Waals surface area contributed by atoms with Crippen LogP contribution in [0.2, 0.25) is 0 Å². The quantitative estimate of drug-likeness (QED) is 0.922. The van der Waals surface area contributed by atoms with Crippen LogP contribution in [-0.4, -0.2) is 35.5 Å². The van der Waals surface area contributed by atoms with Gasteiger partial charge in [0.2, 0.25) is 0 Å². The summed E-state index contributed by atoms with van der Waals surface area (Å²) in [6.45, 7) is 10.0. The van der Waals surface area contributed by atoms with E-state index in [1.165, 1.54) is 12.1 Å². The number of nitrogens with one attached hydrogen (secondary N) is 1. The lowest BCUT2D eigenvalue weighted by atomic mass is 10.00. The van der Waals surface area contributed by atoms with Crippen LogP contribution in [0.15, 0.2) is 18.2 Å². The number of rotatable bonds is 3. The molecule has 1 aromatic rings. The van der Waals surface area contributed by atoms with Crippen LogP contribution in [0.25, 0.3) is 0 Å². The lowest BCUT2D eigenvalue weighted by molar-refractivity contribution is 0.0904. The number of halogens is 1. The molecule has 20 heavy (non-hydrogen) atoms. The van der Waals surface area contributed by atoms with Crippen molar-refractivity contribution in [1.29, 1.82) is 0 Å². The summed E-state index contributed by atoms with van der Waals surface area (Å²) in [7, 11) is 0. The molecule has 2 rings (SSSR count). The third kappa shape index (κ3) is 3.18. The van der Waals surface area contributed by atoms with Gasteiger partial charge in [-0.3, -0.25) is 9.69 Å². The first-order valence-electron chi connectivity index (χ1n) is 7.13. The lowest BCUT2D eigenvalue weighted by Gasteiger charge is -2.28. The van der Waals surface area contributed by atoms with Crippen LogP contribution < -0.4 is 5.32 Å². The minimum Gasteiger partial charge on any atom is -0.346 e. The molecule has 4 heteroatoms. The van der Waals surface area contributed by atoms with Gasteiger partial charge in [0.15, 0.2) is 0 Å². The van der Waals surface area contributed by atoms with Gasteiger partial charge in [0, 0.05) is 24.7 Å². The fourth-order valence-electron chi connectivity index (χ4n) is 2.72. The Morgan fingerprint density at radius 3 is 2.75 bits per heavy atom. The van der Waals surface area contributed by atoms with Gasteiger partial charge in [-0.05, 0) is 51.8 Å². The number of aryl methyl sites for hydroxylation is 1. The number of hydrogen-bond acceptors (Lipinski definition) is 2. The molecule has 1 aliphatic heterocycles. The topological polar surface area (TPSA) is 32.3 Å². The maximum atomic E-state index is 13.3. The summed E-state index contributed by atoms with van der Waals surface area (Å²) in [4.78, 5) is 14.7. The van der Waals surface area contributed by atoms with Crippen LogP contribution in [-0.2, 0) is 0 Å². The monoisotopic (exact) mass is 278 g/mol. The average Bonchev–Trinajstić information content (AvgIpc) is 2.74. The van der Waals surface area contributed by atoms with Gasteiger partial charge < -0.3 is 5.32 Å². The van der Waals surface area contributed by atoms with Crippen molar-refractivity contribution in [3.8, 4) is 0 Å². The highest BCUT2D eigenvalue weighted by molar-refractivity contribution is 5.96. The van der Waals surface area contributed by atoms with Crippen LogP contribution >= 0.6 is 0 Å². The van der Waals surface area contributed by atoms with Gasteiger partial charge >= 0.3 is 0 Å². The second-order valence-electron chi connectivity index (χ2n) is 6.29. The number of carbonyl (C=O) groups is 1. The minimum atomic E-state index is -0.374. The predicted octanol–water partition coefficient (Wildman–Crippen LogP) is 2.74. The number of carbonyl (C=O) groups excluding carboxylic acids is 1. The normalized spacial score (nSPS) is 23.3. The van der Waals surface area contributed by atoms with Gasteiger partial charge in [-0.2, -0.15) is 0 Å². The van der Waals surface area contributed by atoms with E-state index in [1.54, 1.807) is 6.07 Å². The van der Waals surface area contributed by atoms with Crippen LogP contribution in [0.3, 0.4) is 0 Å². The third-order valence-electron chi connectivity index (χ3n) is 4.09. The lowest BCUT2D eigenvalue weighted by Crippen LogP contribution is -2.48. The van der Waals surface area contributed by atoms with Crippen molar-refractivity contribution in [3.05, 3.63) is 35.1 Å². The van der Waals surface area contributed by atoms with Gasteiger partial charge in [0.05, 0.1) is 5.54 Å². The first kappa shape index (κ1) is 15.0. The Hall–Kier alpha value is -1.42. The second kappa shape index (κ2) is 5.52. The zero-order valence-electron chi connectivity index (χ0n) is 12.7. The van der Waals surface area contributed by atoms with E-state index in [0.29, 0.717) is 11.6 Å². The SMILES string of the molecule is Cc1ccc(F)cc1C(=O)NC1(C)CCN(C(C)C)C1. The van der Waals surface area contributed by atoms with E-state index in [9.17, 15) is 9.18 Å². The molecule has 1 unspecified atom stereocenters. The molecule has 0 aliphatic carbocycles. The molecule has 1 heterocycles. The summed E-state index contributed by atoms with van der Waals surface area (Å²) in [5.41, 5.74) is 0.987. The van der Waals surface area contributed by atoms with E-state index in [4.69, 9.17) is 0 Å². The van der Waals surface area contributed by atoms with Crippen LogP contribution in [0.1, 0.15) is 43.1 Å². The fourth-order valence-corrected chi connectivity index (χ4v) is 2.72. The minimum absolute atomic E-state index is 0.185. The fraction of sp³-hybridized carbons (Fsp3) is 0.562. The van der Waals surface area contributed by atoms with Crippen molar-refractivity contribution in [2.45, 2.75) is 45.7 Å². The number of amides is 1. The van der Waals surface area contributed by atoms with E-state index in [1.807, 2.05) is 6.92 Å². The molecule has 110 valence electrons. The van der Waals surface area contributed by atoms with Crippen molar-refractivity contribution >= 4 is 5.91 Å². The highest BCUT2D eigenvalue weighted by atomic mass is 19.1. The molecule has 1 atom stereocenters. The number of likely N-dealkylation sites (tertiary alicyclic amines) is 1. The predicted molar refractivity (Wildman–Crippen MR) is 78.3 cm³/mol. The second-order valence-corrected chi connectivity index (χ2v) is 6.29. The molecule has 1 aliphatic rings. The first-order chi connectivity index (χ1) is 9.31. The maximum absolute atomic E-state index is 13.3. The Morgan fingerprint density at radius 2 is 2.15 bits per heavy atom. The van der Waals surface area contributed by atoms with Gasteiger partial charge in [-0.15, -0.1) is 0 Å². The van der Waals surface area contributed by atoms with Crippen molar-refractivity contribution in [1.82, 2.24) is 10.2 Å². The third-order valence-corrected chi connectivity index (χ3v) is 4.09. The van der Waals surface area contributed by atoms with Gasteiger partial charge in [0.25, 0.3) is 5.91 Å². The molecule has 0 aromatic heterocycles. The molecular weight excluding hydrogens is 255 g/mol. The van der Waals surface area contributed by atoms with E-state index in [2.05, 4.69) is 31.0 Å². The van der Waals surface area contributed by atoms with Crippen LogP contribution in [0, 0.1) is 12.7 Å². The summed E-state index contributed by atoms with van der Waals surface area (Å²) in [5, 5.41) is 3.08. The van der Waals surface area contributed by atoms with E-state index in [0.717, 1.165) is 25.1 Å². The molecule has 3 nitrogen and oxygen atoms in total. The zero-order chi connectivity index (χ0) is 14.9. The number of benzene rings is 1. The average molecular weight is 278 g/mol. The Labute approximate surface area is 120 Å². The van der Waals surface area contributed by atoms with Crippen molar-refractivity contribution in [2.24, 2.45) is 0 Å². The summed E-state index contributed by atoms with van der Waals surface area (Å²) >= 11 is 0. The van der Waals surface area contributed by atoms with Crippen molar-refractivity contribution < 1.29 is 9.18 Å². The molecule has 1 amide bonds. The highest BCUT2D eigenvalue weighted by Crippen LogP contribution is 2.23. The van der Waals surface area contributed by atoms with Crippen molar-refractivity contribution in [2.75, 3.05) is 13.1 Å². The number of nitrogens with zero attached hydrogens (tertiary/aromatic N) is 1. The smallest absolute Gasteiger partial charge is 0.252 e. The molecule has 0 radical (unpaired) electrons. The Bertz CT molecular complexity index is 515. The van der Waals surface area contributed by atoms with Gasteiger partial charge in [-0.25, -0.2) is 4.39 Å². The standard InChI is InChI=1S/C16H23FN2O/c1-11(2)19-8-7-16(4,10-19)18-15(20)14-9-13(17)6-5-12(14)3/h5-6,9,11H,7-8,10H2,1-4H3,(H,18,20). The summed E-state index contributed by atoms with van der Waals surface area (Å²) < 4.78 is 13.3. The largest absolute Gasteiger partial charge is 0.346 e. The Morgan fingerprint density at radius 1 is 1.45 bits per heavy atom. The van der Waals surface area contributed by atoms with E-state index in [-0.39, 0.29) is 17.3 Å². The maximum Gasteiger partial charge on any atom is 0.252 e. The zero-order valence-corrected chi connectivity index (χ0v) is 12.7. The summed E-state index contributed by atoms with van der Waals surface area (Å²) in [6.07, 6.45) is 0.922. The molecule has 0 saturated carbocycles. The van der Waals surface area contributed by atoms with E-state index < -0.39 is 0 Å². The summed E-state index contributed by atoms with van der Waals surface area (Å²) in [5.74, 6) is -0.559. The van der Waals surface area contributed by atoms with Crippen LogP contribution in [0.4, 0.5) is 4.39 Å². The molecule has 0 bridgehead atoms. The molecule has 1 fully saturated rings. The Balaban J connectivity index is 2.10. The molecular formula is C16H23FN2O. The molecule has 1 aromatic carbocycles. The first-order valence-corrected chi connectivity index (χ1v) is 7.13.